The van der Waals surface area contributed by atoms with Gasteiger partial charge in [0.05, 0.1) is 0 Å². The van der Waals surface area contributed by atoms with Gasteiger partial charge in [-0.3, -0.25) is 4.57 Å². The van der Waals surface area contributed by atoms with Crippen molar-refractivity contribution in [2.45, 2.75) is 0 Å². The number of hydrogen-bond donors (Lipinski definition) is 2. The molecule has 0 aromatic carbocycles. The standard InChI is InChI=1S/2K.Na.H3O4P.O/c;;;1-5(2,3)4;/h;;;(H3,1,2,3,4);/q3*+1;;-2/p-1. The minimum atomic E-state index is -4.89. The SMILES string of the molecule is O=P([O-])(O)O.[K+].[K+].[Na+].[O-2]. The van der Waals surface area contributed by atoms with Crippen LogP contribution in [0.3, 0.4) is 0 Å². The van der Waals surface area contributed by atoms with E-state index in [2.05, 4.69) is 0 Å². The predicted molar refractivity (Wildman–Crippen MR) is 12.7 cm³/mol. The molecule has 0 radical (unpaired) electrons. The monoisotopic (exact) mass is 214 g/mol. The van der Waals surface area contributed by atoms with E-state index in [1.54, 1.807) is 0 Å². The van der Waals surface area contributed by atoms with Crippen LogP contribution in [0, 0.1) is 0 Å². The first-order valence-corrected chi connectivity index (χ1v) is 2.30. The molecule has 9 heavy (non-hydrogen) atoms. The molecule has 0 aromatic rings. The Morgan fingerprint density at radius 2 is 1.22 bits per heavy atom. The van der Waals surface area contributed by atoms with Crippen molar-refractivity contribution in [2.24, 2.45) is 0 Å². The van der Waals surface area contributed by atoms with Gasteiger partial charge in [0, 0.05) is 0 Å². The molecule has 0 rings (SSSR count). The molecule has 0 spiro atoms. The second-order valence-corrected chi connectivity index (χ2v) is 1.47. The molecular weight excluding hydrogens is 212 g/mol. The maximum Gasteiger partial charge on any atom is 1.00 e. The zero-order chi connectivity index (χ0) is 4.50. The average molecular weight is 214 g/mol. The van der Waals surface area contributed by atoms with E-state index >= 15 is 0 Å². The average Bonchev–Trinajstić information content (AvgIpc) is 0.722. The molecule has 2 N–H and O–H groups in total. The van der Waals surface area contributed by atoms with Gasteiger partial charge in [0.25, 0.3) is 7.82 Å². The smallest absolute Gasteiger partial charge is 1.00 e. The Kier molecular flexibility index (Phi) is 48.2. The Balaban J connectivity index is -0.0000000133. The summed E-state index contributed by atoms with van der Waals surface area (Å²) in [4.78, 5) is 22.9. The maximum absolute atomic E-state index is 8.77. The van der Waals surface area contributed by atoms with Gasteiger partial charge in [-0.05, 0) is 0 Å². The van der Waals surface area contributed by atoms with Gasteiger partial charge in [0.2, 0.25) is 0 Å². The van der Waals surface area contributed by atoms with E-state index in [9.17, 15) is 0 Å². The van der Waals surface area contributed by atoms with Crippen molar-refractivity contribution >= 4 is 7.82 Å². The summed E-state index contributed by atoms with van der Waals surface area (Å²) < 4.78 is 8.77. The fraction of sp³-hybridized carbons (Fsp3) is 0. The first kappa shape index (κ1) is 29.2. The summed E-state index contributed by atoms with van der Waals surface area (Å²) in [6.45, 7) is 0. The van der Waals surface area contributed by atoms with Gasteiger partial charge in [-0.1, -0.05) is 0 Å². The topological polar surface area (TPSA) is 109 Å². The van der Waals surface area contributed by atoms with Crippen molar-refractivity contribution in [1.82, 2.24) is 0 Å². The third-order valence-electron chi connectivity index (χ3n) is 0. The fourth-order valence-electron chi connectivity index (χ4n) is 0. The van der Waals surface area contributed by atoms with E-state index in [4.69, 9.17) is 19.2 Å². The molecule has 0 unspecified atom stereocenters. The van der Waals surface area contributed by atoms with Crippen molar-refractivity contribution in [2.75, 3.05) is 0 Å². The van der Waals surface area contributed by atoms with Crippen molar-refractivity contribution in [3.8, 4) is 0 Å². The van der Waals surface area contributed by atoms with Crippen LogP contribution in [0.25, 0.3) is 0 Å². The largest absolute Gasteiger partial charge is 2.00 e. The number of hydrogen-bond acceptors (Lipinski definition) is 2. The van der Waals surface area contributed by atoms with Crippen molar-refractivity contribution in [3.05, 3.63) is 0 Å². The first-order chi connectivity index (χ1) is 2.00. The van der Waals surface area contributed by atoms with Crippen molar-refractivity contribution in [1.29, 1.82) is 0 Å². The van der Waals surface area contributed by atoms with Crippen molar-refractivity contribution < 1.29 is 157 Å². The summed E-state index contributed by atoms with van der Waals surface area (Å²) in [5.74, 6) is 0. The van der Waals surface area contributed by atoms with Crippen LogP contribution in [-0.4, -0.2) is 9.79 Å². The molecule has 0 heterocycles. The molecule has 0 atom stereocenters. The fourth-order valence-corrected chi connectivity index (χ4v) is 0. The summed E-state index contributed by atoms with van der Waals surface area (Å²) in [7, 11) is -4.89. The Morgan fingerprint density at radius 3 is 1.22 bits per heavy atom. The van der Waals surface area contributed by atoms with Gasteiger partial charge in [0.1, 0.15) is 0 Å². The van der Waals surface area contributed by atoms with Crippen LogP contribution in [-0.2, 0) is 10.0 Å². The van der Waals surface area contributed by atoms with Crippen LogP contribution in [0.4, 0.5) is 0 Å². The van der Waals surface area contributed by atoms with Gasteiger partial charge >= 0.3 is 132 Å². The molecule has 0 fully saturated rings. The first-order valence-electron chi connectivity index (χ1n) is 0.765. The molecule has 0 saturated heterocycles. The Labute approximate surface area is 160 Å². The second-order valence-electron chi connectivity index (χ2n) is 0.491. The normalized spacial score (nSPS) is 6.56. The van der Waals surface area contributed by atoms with E-state index in [1.807, 2.05) is 0 Å². The Hall–Kier alpha value is 4.34. The van der Waals surface area contributed by atoms with Gasteiger partial charge < -0.3 is 20.2 Å². The summed E-state index contributed by atoms with van der Waals surface area (Å²) >= 11 is 0. The molecule has 0 aliphatic rings. The van der Waals surface area contributed by atoms with Crippen molar-refractivity contribution in [3.63, 3.8) is 0 Å². The minimum absolute atomic E-state index is 0. The third kappa shape index (κ3) is 70.0. The van der Waals surface area contributed by atoms with E-state index in [0.29, 0.717) is 0 Å². The van der Waals surface area contributed by atoms with Gasteiger partial charge in [-0.25, -0.2) is 0 Å². The third-order valence-corrected chi connectivity index (χ3v) is 0. The molecule has 0 aliphatic carbocycles. The van der Waals surface area contributed by atoms with E-state index < -0.39 is 7.82 Å². The molecule has 5 nitrogen and oxygen atoms in total. The quantitative estimate of drug-likeness (QED) is 0.308. The zero-order valence-corrected chi connectivity index (χ0v) is 14.7. The van der Waals surface area contributed by atoms with Crippen LogP contribution in [0.15, 0.2) is 0 Å². The summed E-state index contributed by atoms with van der Waals surface area (Å²) in [5.41, 5.74) is 0. The zero-order valence-electron chi connectivity index (χ0n) is 5.57. The molecule has 0 amide bonds. The van der Waals surface area contributed by atoms with Crippen LogP contribution in [0.1, 0.15) is 0 Å². The van der Waals surface area contributed by atoms with E-state index in [1.165, 1.54) is 0 Å². The second kappa shape index (κ2) is 14.8. The van der Waals surface area contributed by atoms with Crippen LogP contribution in [0.2, 0.25) is 0 Å². The molecule has 9 heteroatoms. The van der Waals surface area contributed by atoms with Crippen LogP contribution >= 0.6 is 7.82 Å². The minimum Gasteiger partial charge on any atom is -2.00 e. The molecule has 0 bridgehead atoms. The molecule has 0 aromatic heterocycles. The van der Waals surface area contributed by atoms with E-state index in [0.717, 1.165) is 0 Å². The number of phosphoric acid groups is 1. The van der Waals surface area contributed by atoms with Gasteiger partial charge in [-0.2, -0.15) is 0 Å². The summed E-state index contributed by atoms with van der Waals surface area (Å²) in [5, 5.41) is 0. The predicted octanol–water partition coefficient (Wildman–Crippen LogP) is -10.7. The van der Waals surface area contributed by atoms with Crippen LogP contribution < -0.4 is 137 Å². The summed E-state index contributed by atoms with van der Waals surface area (Å²) in [6, 6.07) is 0. The Morgan fingerprint density at radius 1 is 1.22 bits per heavy atom. The molecule has 0 aliphatic heterocycles. The van der Waals surface area contributed by atoms with Crippen LogP contribution in [0.5, 0.6) is 0 Å². The van der Waals surface area contributed by atoms with Gasteiger partial charge in [0.15, 0.2) is 0 Å². The van der Waals surface area contributed by atoms with Gasteiger partial charge in [-0.15, -0.1) is 0 Å². The van der Waals surface area contributed by atoms with E-state index in [-0.39, 0.29) is 138 Å². The number of rotatable bonds is 0. The summed E-state index contributed by atoms with van der Waals surface area (Å²) in [6.07, 6.45) is 0. The molecule has 0 saturated carbocycles. The Bertz CT molecular complexity index is 61.1. The maximum atomic E-state index is 8.77. The molecule has 40 valence electrons. The molecular formula is H2K2NaO5P.